The van der Waals surface area contributed by atoms with Gasteiger partial charge in [0.25, 0.3) is 17.1 Å². The Morgan fingerprint density at radius 1 is 1.19 bits per heavy atom. The van der Waals surface area contributed by atoms with Crippen LogP contribution in [0, 0.1) is 0 Å². The molecule has 2 fully saturated rings. The zero-order valence-corrected chi connectivity index (χ0v) is 20.4. The summed E-state index contributed by atoms with van der Waals surface area (Å²) in [6, 6.07) is 6.93. The van der Waals surface area contributed by atoms with Gasteiger partial charge in [0, 0.05) is 10.4 Å². The van der Waals surface area contributed by atoms with Crippen LogP contribution in [0.5, 0.6) is 0 Å². The van der Waals surface area contributed by atoms with E-state index in [-0.39, 0.29) is 35.0 Å². The van der Waals surface area contributed by atoms with Gasteiger partial charge < -0.3 is 5.32 Å². The second-order valence-electron chi connectivity index (χ2n) is 8.71. The number of piperidine rings is 1. The molecular formula is C24H18ClF5N4O2S. The van der Waals surface area contributed by atoms with Crippen LogP contribution >= 0.6 is 23.4 Å². The SMILES string of the molecule is O=C1SC(=Cc2ccc3c(cnn3Cc3ccc(Cl)cc3C(F)(F)F)c2)C(=O)N1C1CCNCC1(F)F. The van der Waals surface area contributed by atoms with E-state index in [9.17, 15) is 31.5 Å². The molecule has 1 atom stereocenters. The van der Waals surface area contributed by atoms with Gasteiger partial charge in [0.15, 0.2) is 0 Å². The highest BCUT2D eigenvalue weighted by Crippen LogP contribution is 2.39. The normalized spacial score (nSPS) is 21.4. The van der Waals surface area contributed by atoms with Gasteiger partial charge in [-0.3, -0.25) is 19.2 Å². The number of benzene rings is 2. The molecule has 1 aromatic heterocycles. The Hall–Kier alpha value is -2.96. The van der Waals surface area contributed by atoms with Crippen molar-refractivity contribution in [2.75, 3.05) is 13.1 Å². The number of carbonyl (C=O) groups excluding carboxylic acids is 2. The Kier molecular flexibility index (Phi) is 6.53. The molecule has 0 aliphatic carbocycles. The van der Waals surface area contributed by atoms with E-state index in [4.69, 9.17) is 11.6 Å². The van der Waals surface area contributed by atoms with Crippen molar-refractivity contribution >= 4 is 51.5 Å². The van der Waals surface area contributed by atoms with E-state index in [2.05, 4.69) is 10.4 Å². The molecule has 0 radical (unpaired) electrons. The molecule has 6 nitrogen and oxygen atoms in total. The summed E-state index contributed by atoms with van der Waals surface area (Å²) in [7, 11) is 0. The summed E-state index contributed by atoms with van der Waals surface area (Å²) in [4.78, 5) is 26.0. The lowest BCUT2D eigenvalue weighted by molar-refractivity contribution is -0.138. The summed E-state index contributed by atoms with van der Waals surface area (Å²) in [5, 5.41) is 6.57. The molecule has 3 aromatic rings. The molecule has 2 aliphatic heterocycles. The van der Waals surface area contributed by atoms with E-state index in [1.54, 1.807) is 18.2 Å². The minimum atomic E-state index is -4.59. The topological polar surface area (TPSA) is 67.2 Å². The monoisotopic (exact) mass is 556 g/mol. The standard InChI is InChI=1S/C24H18ClF5N4O2S/c25-16-3-2-14(17(9-16)24(28,29)30)11-33-18-4-1-13(7-15(18)10-32-33)8-19-21(35)34(22(36)37-19)20-5-6-31-12-23(20,26)27/h1-4,7-10,20,31H,5-6,11-12H2. The number of thioether (sulfide) groups is 1. The fourth-order valence-corrected chi connectivity index (χ4v) is 5.52. The van der Waals surface area contributed by atoms with Crippen LogP contribution in [0.3, 0.4) is 0 Å². The van der Waals surface area contributed by atoms with E-state index in [0.29, 0.717) is 33.1 Å². The molecule has 2 aliphatic rings. The van der Waals surface area contributed by atoms with Gasteiger partial charge in [0.1, 0.15) is 6.04 Å². The van der Waals surface area contributed by atoms with Gasteiger partial charge in [0.05, 0.1) is 35.3 Å². The number of hydrogen-bond donors (Lipinski definition) is 1. The van der Waals surface area contributed by atoms with Gasteiger partial charge >= 0.3 is 6.18 Å². The lowest BCUT2D eigenvalue weighted by Crippen LogP contribution is -2.58. The molecule has 5 rings (SSSR count). The van der Waals surface area contributed by atoms with Crippen molar-refractivity contribution in [2.45, 2.75) is 31.1 Å². The molecule has 1 N–H and O–H groups in total. The summed E-state index contributed by atoms with van der Waals surface area (Å²) in [5.41, 5.74) is 0.199. The Bertz CT molecular complexity index is 1440. The average Bonchev–Trinajstić information content (AvgIpc) is 3.34. The molecule has 13 heteroatoms. The average molecular weight is 557 g/mol. The highest BCUT2D eigenvalue weighted by Gasteiger charge is 2.52. The van der Waals surface area contributed by atoms with Crippen LogP contribution in [0.25, 0.3) is 17.0 Å². The molecule has 2 amide bonds. The Labute approximate surface area is 216 Å². The number of nitrogens with one attached hydrogen (secondary N) is 1. The molecular weight excluding hydrogens is 539 g/mol. The third-order valence-corrected chi connectivity index (χ3v) is 7.36. The number of hydrogen-bond acceptors (Lipinski definition) is 5. The van der Waals surface area contributed by atoms with Gasteiger partial charge in [-0.15, -0.1) is 0 Å². The number of fused-ring (bicyclic) bond motifs is 1. The first-order chi connectivity index (χ1) is 17.4. The maximum Gasteiger partial charge on any atom is 0.416 e. The lowest BCUT2D eigenvalue weighted by atomic mass is 10.0. The van der Waals surface area contributed by atoms with Crippen LogP contribution in [0.2, 0.25) is 5.02 Å². The third kappa shape index (κ3) is 4.97. The van der Waals surface area contributed by atoms with Gasteiger partial charge in [-0.2, -0.15) is 18.3 Å². The molecule has 1 unspecified atom stereocenters. The van der Waals surface area contributed by atoms with Gasteiger partial charge in [-0.1, -0.05) is 23.7 Å². The molecule has 194 valence electrons. The maximum absolute atomic E-state index is 14.3. The van der Waals surface area contributed by atoms with Gasteiger partial charge in [-0.05, 0) is 66.2 Å². The Morgan fingerprint density at radius 2 is 1.97 bits per heavy atom. The van der Waals surface area contributed by atoms with Crippen LogP contribution in [0.1, 0.15) is 23.1 Å². The van der Waals surface area contributed by atoms with Crippen molar-refractivity contribution in [1.82, 2.24) is 20.0 Å². The molecule has 2 aromatic carbocycles. The van der Waals surface area contributed by atoms with Gasteiger partial charge in [0.2, 0.25) is 0 Å². The number of aromatic nitrogens is 2. The Morgan fingerprint density at radius 3 is 2.70 bits per heavy atom. The highest BCUT2D eigenvalue weighted by atomic mass is 35.5. The lowest BCUT2D eigenvalue weighted by Gasteiger charge is -2.36. The minimum Gasteiger partial charge on any atom is -0.311 e. The van der Waals surface area contributed by atoms with Crippen molar-refractivity contribution < 1.29 is 31.5 Å². The van der Waals surface area contributed by atoms with Crippen molar-refractivity contribution in [3.63, 3.8) is 0 Å². The van der Waals surface area contributed by atoms with Crippen LogP contribution in [-0.4, -0.2) is 50.9 Å². The third-order valence-electron chi connectivity index (χ3n) is 6.24. The quantitative estimate of drug-likeness (QED) is 0.325. The van der Waals surface area contributed by atoms with Crippen molar-refractivity contribution in [3.05, 3.63) is 69.2 Å². The smallest absolute Gasteiger partial charge is 0.311 e. The highest BCUT2D eigenvalue weighted by molar-refractivity contribution is 8.18. The van der Waals surface area contributed by atoms with Crippen molar-refractivity contribution in [1.29, 1.82) is 0 Å². The zero-order valence-electron chi connectivity index (χ0n) is 18.9. The summed E-state index contributed by atoms with van der Waals surface area (Å²) < 4.78 is 70.5. The second-order valence-corrected chi connectivity index (χ2v) is 10.1. The molecule has 3 heterocycles. The van der Waals surface area contributed by atoms with E-state index in [0.717, 1.165) is 6.07 Å². The number of rotatable bonds is 4. The number of amides is 2. The molecule has 0 saturated carbocycles. The summed E-state index contributed by atoms with van der Waals surface area (Å²) in [5.74, 6) is -4.01. The summed E-state index contributed by atoms with van der Waals surface area (Å²) >= 11 is 6.35. The number of carbonyl (C=O) groups is 2. The van der Waals surface area contributed by atoms with E-state index >= 15 is 0 Å². The maximum atomic E-state index is 14.3. The number of nitrogens with zero attached hydrogens (tertiary/aromatic N) is 3. The molecule has 2 saturated heterocycles. The van der Waals surface area contributed by atoms with Crippen LogP contribution in [-0.2, 0) is 17.5 Å². The predicted octanol–water partition coefficient (Wildman–Crippen LogP) is 5.79. The van der Waals surface area contributed by atoms with Gasteiger partial charge in [-0.25, -0.2) is 8.78 Å². The first-order valence-electron chi connectivity index (χ1n) is 11.1. The number of halogens is 6. The van der Waals surface area contributed by atoms with E-state index in [1.807, 2.05) is 0 Å². The molecule has 37 heavy (non-hydrogen) atoms. The summed E-state index contributed by atoms with van der Waals surface area (Å²) in [6.45, 7) is -0.500. The number of alkyl halides is 5. The first kappa shape index (κ1) is 25.7. The Balaban J connectivity index is 1.40. The fourth-order valence-electron chi connectivity index (χ4n) is 4.47. The van der Waals surface area contributed by atoms with Crippen LogP contribution in [0.15, 0.2) is 47.5 Å². The van der Waals surface area contributed by atoms with E-state index < -0.39 is 41.4 Å². The second kappa shape index (κ2) is 9.41. The zero-order chi connectivity index (χ0) is 26.5. The summed E-state index contributed by atoms with van der Waals surface area (Å²) in [6.07, 6.45) is -1.73. The molecule has 0 bridgehead atoms. The van der Waals surface area contributed by atoms with Crippen molar-refractivity contribution in [3.8, 4) is 0 Å². The number of imide groups is 1. The van der Waals surface area contributed by atoms with Crippen molar-refractivity contribution in [2.24, 2.45) is 0 Å². The largest absolute Gasteiger partial charge is 0.416 e. The molecule has 0 spiro atoms. The fraction of sp³-hybridized carbons (Fsp3) is 0.292. The first-order valence-corrected chi connectivity index (χ1v) is 12.3. The van der Waals surface area contributed by atoms with Crippen LogP contribution in [0.4, 0.5) is 26.7 Å². The van der Waals surface area contributed by atoms with E-state index in [1.165, 1.54) is 29.1 Å². The van der Waals surface area contributed by atoms with Crippen LogP contribution < -0.4 is 5.32 Å². The predicted molar refractivity (Wildman–Crippen MR) is 129 cm³/mol. The minimum absolute atomic E-state index is 0.00522.